The number of hydrogen-bond acceptors (Lipinski definition) is 4. The van der Waals surface area contributed by atoms with Gasteiger partial charge in [-0.1, -0.05) is 0 Å². The Balaban J connectivity index is 2.21. The Morgan fingerprint density at radius 2 is 1.84 bits per heavy atom. The van der Waals surface area contributed by atoms with Crippen LogP contribution in [0.4, 0.5) is 18.9 Å². The maximum absolute atomic E-state index is 13.4. The molecule has 0 saturated carbocycles. The van der Waals surface area contributed by atoms with E-state index in [9.17, 15) is 27.9 Å². The van der Waals surface area contributed by atoms with Crippen molar-refractivity contribution in [3.63, 3.8) is 0 Å². The zero-order valence-electron chi connectivity index (χ0n) is 13.5. The average molecular weight is 355 g/mol. The molecule has 0 aliphatic carbocycles. The number of nitrogens with zero attached hydrogens (tertiary/aromatic N) is 2. The summed E-state index contributed by atoms with van der Waals surface area (Å²) in [5, 5.41) is 12.4. The molecule has 2 N–H and O–H groups in total. The number of amides is 1. The van der Waals surface area contributed by atoms with Crippen molar-refractivity contribution in [2.24, 2.45) is 7.05 Å². The summed E-state index contributed by atoms with van der Waals surface area (Å²) in [4.78, 5) is 26.7. The second-order valence-electron chi connectivity index (χ2n) is 5.58. The summed E-state index contributed by atoms with van der Waals surface area (Å²) in [5.74, 6) is -1.90. The molecule has 0 saturated heterocycles. The molecule has 1 atom stereocenters. The molecule has 0 radical (unpaired) electrons. The van der Waals surface area contributed by atoms with Gasteiger partial charge >= 0.3 is 6.18 Å². The number of benzene rings is 1. The number of aryl methyl sites for hydroxylation is 1. The summed E-state index contributed by atoms with van der Waals surface area (Å²) in [6.07, 6.45) is -4.01. The highest BCUT2D eigenvalue weighted by atomic mass is 19.4. The summed E-state index contributed by atoms with van der Waals surface area (Å²) in [5.41, 5.74) is -2.81. The van der Waals surface area contributed by atoms with Gasteiger partial charge in [-0.05, 0) is 31.2 Å². The van der Waals surface area contributed by atoms with Crippen molar-refractivity contribution in [3.8, 4) is 0 Å². The highest BCUT2D eigenvalue weighted by molar-refractivity contribution is 5.95. The molecule has 1 unspecified atom stereocenters. The van der Waals surface area contributed by atoms with Crippen LogP contribution in [-0.2, 0) is 17.4 Å². The molecule has 2 aromatic rings. The summed E-state index contributed by atoms with van der Waals surface area (Å²) in [6, 6.07) is 5.66. The fraction of sp³-hybridized carbons (Fsp3) is 0.312. The van der Waals surface area contributed by atoms with E-state index >= 15 is 0 Å². The topological polar surface area (TPSA) is 84.2 Å². The molecule has 2 rings (SSSR count). The first-order valence-corrected chi connectivity index (χ1v) is 7.22. The number of aliphatic hydroxyl groups is 1. The number of aromatic nitrogens is 2. The van der Waals surface area contributed by atoms with Crippen LogP contribution in [-0.4, -0.2) is 32.5 Å². The fourth-order valence-electron chi connectivity index (χ4n) is 2.30. The number of imidazole rings is 1. The highest BCUT2D eigenvalue weighted by Crippen LogP contribution is 2.40. The third-order valence-corrected chi connectivity index (χ3v) is 3.65. The zero-order valence-corrected chi connectivity index (χ0v) is 13.5. The minimum Gasteiger partial charge on any atom is -0.374 e. The molecule has 0 bridgehead atoms. The average Bonchev–Trinajstić information content (AvgIpc) is 2.93. The van der Waals surface area contributed by atoms with Crippen molar-refractivity contribution >= 4 is 17.4 Å². The van der Waals surface area contributed by atoms with Crippen molar-refractivity contribution in [1.29, 1.82) is 0 Å². The van der Waals surface area contributed by atoms with Crippen LogP contribution < -0.4 is 5.32 Å². The van der Waals surface area contributed by atoms with Gasteiger partial charge in [-0.3, -0.25) is 9.59 Å². The molecular weight excluding hydrogens is 339 g/mol. The Morgan fingerprint density at radius 1 is 1.24 bits per heavy atom. The largest absolute Gasteiger partial charge is 0.425 e. The van der Waals surface area contributed by atoms with Crippen LogP contribution in [0.2, 0.25) is 0 Å². The molecule has 6 nitrogen and oxygen atoms in total. The molecule has 0 aliphatic heterocycles. The summed E-state index contributed by atoms with van der Waals surface area (Å²) < 4.78 is 41.1. The molecule has 1 aromatic carbocycles. The lowest BCUT2D eigenvalue weighted by atomic mass is 9.97. The van der Waals surface area contributed by atoms with Crippen LogP contribution in [0.3, 0.4) is 0 Å². The van der Waals surface area contributed by atoms with Gasteiger partial charge in [-0.25, -0.2) is 4.98 Å². The van der Waals surface area contributed by atoms with Gasteiger partial charge in [-0.15, -0.1) is 0 Å². The Labute approximate surface area is 141 Å². The van der Waals surface area contributed by atoms with Gasteiger partial charge in [-0.2, -0.15) is 13.2 Å². The number of halogens is 3. The van der Waals surface area contributed by atoms with E-state index in [2.05, 4.69) is 10.3 Å². The van der Waals surface area contributed by atoms with Gasteiger partial charge in [0.05, 0.1) is 6.42 Å². The van der Waals surface area contributed by atoms with E-state index in [0.717, 1.165) is 10.8 Å². The van der Waals surface area contributed by atoms with Crippen molar-refractivity contribution in [1.82, 2.24) is 9.55 Å². The molecule has 1 amide bonds. The minimum absolute atomic E-state index is 0.181. The molecule has 0 aliphatic rings. The number of carbonyl (C=O) groups is 2. The monoisotopic (exact) mass is 355 g/mol. The molecular formula is C16H16F3N3O3. The zero-order chi connectivity index (χ0) is 18.8. The van der Waals surface area contributed by atoms with Crippen LogP contribution >= 0.6 is 0 Å². The van der Waals surface area contributed by atoms with Crippen LogP contribution in [0.1, 0.15) is 29.5 Å². The van der Waals surface area contributed by atoms with E-state index in [4.69, 9.17) is 0 Å². The molecule has 1 aromatic heterocycles. The molecule has 25 heavy (non-hydrogen) atoms. The minimum atomic E-state index is -5.10. The first kappa shape index (κ1) is 18.7. The van der Waals surface area contributed by atoms with Crippen molar-refractivity contribution < 1.29 is 27.9 Å². The molecule has 9 heteroatoms. The summed E-state index contributed by atoms with van der Waals surface area (Å²) in [6.45, 7) is 1.36. The van der Waals surface area contributed by atoms with Crippen molar-refractivity contribution in [2.45, 2.75) is 25.1 Å². The van der Waals surface area contributed by atoms with Gasteiger partial charge in [0, 0.05) is 30.7 Å². The van der Waals surface area contributed by atoms with E-state index < -0.39 is 29.9 Å². The smallest absolute Gasteiger partial charge is 0.374 e. The quantitative estimate of drug-likeness (QED) is 0.807. The van der Waals surface area contributed by atoms with Gasteiger partial charge in [0.2, 0.25) is 11.5 Å². The van der Waals surface area contributed by atoms with E-state index in [0.29, 0.717) is 5.56 Å². The normalized spacial score (nSPS) is 14.0. The predicted molar refractivity (Wildman–Crippen MR) is 82.9 cm³/mol. The third-order valence-electron chi connectivity index (χ3n) is 3.65. The molecule has 1 heterocycles. The number of alkyl halides is 3. The SMILES string of the molecule is CC(=O)c1ccc(NC(=O)CC(O)(c2nccn2C)C(F)(F)F)cc1. The number of nitrogens with one attached hydrogen (secondary N) is 1. The van der Waals surface area contributed by atoms with Crippen LogP contribution in [0, 0.1) is 0 Å². The Bertz CT molecular complexity index is 784. The highest BCUT2D eigenvalue weighted by Gasteiger charge is 2.58. The maximum Gasteiger partial charge on any atom is 0.425 e. The van der Waals surface area contributed by atoms with Gasteiger partial charge in [0.15, 0.2) is 11.6 Å². The standard InChI is InChI=1S/C16H16F3N3O3/c1-10(23)11-3-5-12(6-4-11)21-13(24)9-15(25,16(17,18)19)14-20-7-8-22(14)2/h3-8,25H,9H2,1-2H3,(H,21,24). The number of hydrogen-bond donors (Lipinski definition) is 2. The number of ketones is 1. The fourth-order valence-corrected chi connectivity index (χ4v) is 2.30. The van der Waals surface area contributed by atoms with E-state index in [1.165, 1.54) is 44.4 Å². The van der Waals surface area contributed by atoms with Gasteiger partial charge in [0.25, 0.3) is 0 Å². The molecule has 0 fully saturated rings. The van der Waals surface area contributed by atoms with E-state index in [1.54, 1.807) is 0 Å². The van der Waals surface area contributed by atoms with Crippen LogP contribution in [0.25, 0.3) is 0 Å². The van der Waals surface area contributed by atoms with Crippen LogP contribution in [0.15, 0.2) is 36.7 Å². The first-order valence-electron chi connectivity index (χ1n) is 7.22. The van der Waals surface area contributed by atoms with Crippen molar-refractivity contribution in [3.05, 3.63) is 48.0 Å². The van der Waals surface area contributed by atoms with E-state index in [-0.39, 0.29) is 11.5 Å². The molecule has 0 spiro atoms. The van der Waals surface area contributed by atoms with Crippen LogP contribution in [0.5, 0.6) is 0 Å². The number of anilines is 1. The Morgan fingerprint density at radius 3 is 2.28 bits per heavy atom. The van der Waals surface area contributed by atoms with Gasteiger partial charge in [0.1, 0.15) is 0 Å². The van der Waals surface area contributed by atoms with Gasteiger partial charge < -0.3 is 15.0 Å². The lowest BCUT2D eigenvalue weighted by Gasteiger charge is -2.29. The Kier molecular flexibility index (Phi) is 4.98. The predicted octanol–water partition coefficient (Wildman–Crippen LogP) is 2.40. The maximum atomic E-state index is 13.4. The summed E-state index contributed by atoms with van der Waals surface area (Å²) in [7, 11) is 1.29. The second kappa shape index (κ2) is 6.67. The molecule has 134 valence electrons. The number of Topliss-reactive ketones (excluding diaryl/α,β-unsaturated/α-hetero) is 1. The third kappa shape index (κ3) is 3.87. The lowest BCUT2D eigenvalue weighted by molar-refractivity contribution is -0.270. The number of rotatable bonds is 5. The summed E-state index contributed by atoms with van der Waals surface area (Å²) >= 11 is 0. The first-order chi connectivity index (χ1) is 11.5. The number of carbonyl (C=O) groups excluding carboxylic acids is 2. The second-order valence-corrected chi connectivity index (χ2v) is 5.58. The van der Waals surface area contributed by atoms with Crippen molar-refractivity contribution in [2.75, 3.05) is 5.32 Å². The Hall–Kier alpha value is -2.68. The lowest BCUT2D eigenvalue weighted by Crippen LogP contribution is -2.46. The van der Waals surface area contributed by atoms with E-state index in [1.807, 2.05) is 0 Å².